The molecular formula is C14H15N3O. The van der Waals surface area contributed by atoms with Crippen molar-refractivity contribution in [2.24, 2.45) is 5.92 Å². The van der Waals surface area contributed by atoms with Crippen molar-refractivity contribution in [1.29, 1.82) is 5.26 Å². The lowest BCUT2D eigenvalue weighted by Crippen LogP contribution is -2.30. The van der Waals surface area contributed by atoms with Crippen molar-refractivity contribution < 1.29 is 4.79 Å². The average molecular weight is 241 g/mol. The van der Waals surface area contributed by atoms with E-state index in [4.69, 9.17) is 5.26 Å². The van der Waals surface area contributed by atoms with Crippen LogP contribution in [0.15, 0.2) is 30.5 Å². The summed E-state index contributed by atoms with van der Waals surface area (Å²) >= 11 is 0. The molecule has 0 aliphatic carbocycles. The van der Waals surface area contributed by atoms with Gasteiger partial charge in [0.2, 0.25) is 0 Å². The van der Waals surface area contributed by atoms with Gasteiger partial charge < -0.3 is 9.88 Å². The lowest BCUT2D eigenvalue weighted by atomic mass is 10.1. The van der Waals surface area contributed by atoms with Crippen LogP contribution in [0.2, 0.25) is 0 Å². The first kappa shape index (κ1) is 12.2. The minimum atomic E-state index is -0.157. The zero-order chi connectivity index (χ0) is 13.1. The number of aromatic nitrogens is 1. The van der Waals surface area contributed by atoms with E-state index >= 15 is 0 Å². The monoisotopic (exact) mass is 241 g/mol. The number of carbonyl (C=O) groups is 1. The number of nitriles is 1. The Hall–Kier alpha value is -2.28. The van der Waals surface area contributed by atoms with Gasteiger partial charge in [0.05, 0.1) is 12.0 Å². The van der Waals surface area contributed by atoms with Crippen molar-refractivity contribution in [3.05, 3.63) is 36.0 Å². The van der Waals surface area contributed by atoms with Crippen LogP contribution in [0.1, 0.15) is 17.3 Å². The van der Waals surface area contributed by atoms with Crippen molar-refractivity contribution in [3.63, 3.8) is 0 Å². The van der Waals surface area contributed by atoms with E-state index in [9.17, 15) is 4.79 Å². The van der Waals surface area contributed by atoms with Gasteiger partial charge in [0.1, 0.15) is 0 Å². The molecule has 2 rings (SSSR count). The van der Waals surface area contributed by atoms with Crippen LogP contribution < -0.4 is 0 Å². The Morgan fingerprint density at radius 3 is 3.00 bits per heavy atom. The van der Waals surface area contributed by atoms with Crippen molar-refractivity contribution >= 4 is 16.8 Å². The van der Waals surface area contributed by atoms with Crippen molar-refractivity contribution in [2.45, 2.75) is 6.92 Å². The number of aromatic amines is 1. The standard InChI is InChI=1S/C14H15N3O/c1-10(8-15)9-17(2)14(18)12-3-4-13-11(7-12)5-6-16-13/h3-7,10,16H,9H2,1-2H3. The SMILES string of the molecule is CC(C#N)CN(C)C(=O)c1ccc2[nH]ccc2c1. The first-order valence-corrected chi connectivity index (χ1v) is 5.84. The number of nitrogens with zero attached hydrogens (tertiary/aromatic N) is 2. The van der Waals surface area contributed by atoms with Gasteiger partial charge in [0.15, 0.2) is 0 Å². The fourth-order valence-electron chi connectivity index (χ4n) is 1.94. The molecule has 1 aromatic carbocycles. The van der Waals surface area contributed by atoms with Gasteiger partial charge in [-0.05, 0) is 31.2 Å². The zero-order valence-corrected chi connectivity index (χ0v) is 10.5. The smallest absolute Gasteiger partial charge is 0.253 e. The first-order valence-electron chi connectivity index (χ1n) is 5.84. The van der Waals surface area contributed by atoms with Crippen LogP contribution in [0.25, 0.3) is 10.9 Å². The second-order valence-corrected chi connectivity index (χ2v) is 4.50. The normalized spacial score (nSPS) is 12.1. The third kappa shape index (κ3) is 2.35. The summed E-state index contributed by atoms with van der Waals surface area (Å²) in [5, 5.41) is 9.77. The van der Waals surface area contributed by atoms with Crippen LogP contribution in [-0.2, 0) is 0 Å². The molecule has 0 saturated heterocycles. The second-order valence-electron chi connectivity index (χ2n) is 4.50. The Balaban J connectivity index is 2.20. The maximum atomic E-state index is 12.2. The highest BCUT2D eigenvalue weighted by Crippen LogP contribution is 2.15. The molecule has 4 heteroatoms. The number of hydrogen-bond donors (Lipinski definition) is 1. The Morgan fingerprint density at radius 2 is 2.28 bits per heavy atom. The second kappa shape index (κ2) is 4.92. The minimum Gasteiger partial charge on any atom is -0.361 e. The molecule has 1 unspecified atom stereocenters. The highest BCUT2D eigenvalue weighted by atomic mass is 16.2. The van der Waals surface area contributed by atoms with Gasteiger partial charge in [-0.2, -0.15) is 5.26 Å². The average Bonchev–Trinajstić information content (AvgIpc) is 2.84. The predicted octanol–water partition coefficient (Wildman–Crippen LogP) is 2.40. The summed E-state index contributed by atoms with van der Waals surface area (Å²) in [4.78, 5) is 16.8. The fourth-order valence-corrected chi connectivity index (χ4v) is 1.94. The minimum absolute atomic E-state index is 0.0554. The summed E-state index contributed by atoms with van der Waals surface area (Å²) in [6.07, 6.45) is 1.85. The van der Waals surface area contributed by atoms with Crippen LogP contribution in [0.4, 0.5) is 0 Å². The Kier molecular flexibility index (Phi) is 3.33. The molecule has 18 heavy (non-hydrogen) atoms. The molecule has 1 aromatic heterocycles. The summed E-state index contributed by atoms with van der Waals surface area (Å²) in [7, 11) is 1.72. The van der Waals surface area contributed by atoms with E-state index < -0.39 is 0 Å². The summed E-state index contributed by atoms with van der Waals surface area (Å²) in [6.45, 7) is 2.25. The van der Waals surface area contributed by atoms with Gasteiger partial charge >= 0.3 is 0 Å². The van der Waals surface area contributed by atoms with Crippen molar-refractivity contribution in [2.75, 3.05) is 13.6 Å². The summed E-state index contributed by atoms with van der Waals surface area (Å²) in [5.74, 6) is -0.213. The van der Waals surface area contributed by atoms with Gasteiger partial charge in [-0.3, -0.25) is 4.79 Å². The number of hydrogen-bond acceptors (Lipinski definition) is 2. The van der Waals surface area contributed by atoms with Crippen LogP contribution in [-0.4, -0.2) is 29.4 Å². The maximum Gasteiger partial charge on any atom is 0.253 e. The van der Waals surface area contributed by atoms with E-state index in [-0.39, 0.29) is 11.8 Å². The molecule has 2 aromatic rings. The topological polar surface area (TPSA) is 59.9 Å². The van der Waals surface area contributed by atoms with Gasteiger partial charge in [0, 0.05) is 36.3 Å². The highest BCUT2D eigenvalue weighted by Gasteiger charge is 2.14. The maximum absolute atomic E-state index is 12.2. The zero-order valence-electron chi connectivity index (χ0n) is 10.5. The molecule has 92 valence electrons. The number of H-pyrrole nitrogens is 1. The van der Waals surface area contributed by atoms with E-state index in [1.165, 1.54) is 0 Å². The number of amides is 1. The van der Waals surface area contributed by atoms with E-state index in [1.807, 2.05) is 24.4 Å². The molecule has 0 radical (unpaired) electrons. The molecule has 1 N–H and O–H groups in total. The molecule has 0 fully saturated rings. The number of nitrogens with one attached hydrogen (secondary N) is 1. The lowest BCUT2D eigenvalue weighted by Gasteiger charge is -2.18. The van der Waals surface area contributed by atoms with E-state index in [1.54, 1.807) is 24.9 Å². The molecule has 1 heterocycles. The molecule has 0 aliphatic heterocycles. The Morgan fingerprint density at radius 1 is 1.50 bits per heavy atom. The highest BCUT2D eigenvalue weighted by molar-refractivity contribution is 5.97. The van der Waals surface area contributed by atoms with Gasteiger partial charge in [-0.15, -0.1) is 0 Å². The molecule has 4 nitrogen and oxygen atoms in total. The van der Waals surface area contributed by atoms with E-state index in [2.05, 4.69) is 11.1 Å². The summed E-state index contributed by atoms with van der Waals surface area (Å²) in [6, 6.07) is 9.62. The number of benzene rings is 1. The number of rotatable bonds is 3. The van der Waals surface area contributed by atoms with Gasteiger partial charge in [-0.1, -0.05) is 0 Å². The lowest BCUT2D eigenvalue weighted by molar-refractivity contribution is 0.0785. The molecular weight excluding hydrogens is 226 g/mol. The molecule has 0 spiro atoms. The van der Waals surface area contributed by atoms with Crippen molar-refractivity contribution in [3.8, 4) is 6.07 Å². The summed E-state index contributed by atoms with van der Waals surface area (Å²) < 4.78 is 0. The van der Waals surface area contributed by atoms with Crippen LogP contribution >= 0.6 is 0 Å². The first-order chi connectivity index (χ1) is 8.61. The van der Waals surface area contributed by atoms with Gasteiger partial charge in [-0.25, -0.2) is 0 Å². The predicted molar refractivity (Wildman–Crippen MR) is 70.0 cm³/mol. The van der Waals surface area contributed by atoms with Crippen LogP contribution in [0.5, 0.6) is 0 Å². The molecule has 0 saturated carbocycles. The molecule has 1 atom stereocenters. The van der Waals surface area contributed by atoms with Gasteiger partial charge in [0.25, 0.3) is 5.91 Å². The van der Waals surface area contributed by atoms with Crippen LogP contribution in [0, 0.1) is 17.2 Å². The molecule has 0 aliphatic rings. The third-order valence-electron chi connectivity index (χ3n) is 2.92. The molecule has 0 bridgehead atoms. The summed E-state index contributed by atoms with van der Waals surface area (Å²) in [5.41, 5.74) is 1.66. The Bertz CT molecular complexity index is 609. The number of fused-ring (bicyclic) bond motifs is 1. The fraction of sp³-hybridized carbons (Fsp3) is 0.286. The Labute approximate surface area is 106 Å². The van der Waals surface area contributed by atoms with Crippen LogP contribution in [0.3, 0.4) is 0 Å². The van der Waals surface area contributed by atoms with E-state index in [0.717, 1.165) is 10.9 Å². The third-order valence-corrected chi connectivity index (χ3v) is 2.92. The number of carbonyl (C=O) groups excluding carboxylic acids is 1. The quantitative estimate of drug-likeness (QED) is 0.897. The van der Waals surface area contributed by atoms with E-state index in [0.29, 0.717) is 12.1 Å². The van der Waals surface area contributed by atoms with Crippen molar-refractivity contribution in [1.82, 2.24) is 9.88 Å². The largest absolute Gasteiger partial charge is 0.361 e. The molecule has 1 amide bonds.